The van der Waals surface area contributed by atoms with Crippen LogP contribution in [0, 0.1) is 5.82 Å². The number of thiazole rings is 1. The summed E-state index contributed by atoms with van der Waals surface area (Å²) < 4.78 is 19.3. The molecule has 0 atom stereocenters. The van der Waals surface area contributed by atoms with Gasteiger partial charge in [-0.15, -0.1) is 11.3 Å². The molecular formula is C18H13BrFNOS. The Morgan fingerprint density at radius 2 is 1.83 bits per heavy atom. The van der Waals surface area contributed by atoms with Crippen LogP contribution < -0.4 is 4.74 Å². The van der Waals surface area contributed by atoms with Crippen molar-refractivity contribution in [2.45, 2.75) is 0 Å². The predicted molar refractivity (Wildman–Crippen MR) is 97.1 cm³/mol. The minimum Gasteiger partial charge on any atom is -0.496 e. The smallest absolute Gasteiger partial charge is 0.126 e. The molecule has 0 amide bonds. The Morgan fingerprint density at radius 3 is 2.57 bits per heavy atom. The molecule has 3 rings (SSSR count). The number of hydrogen-bond donors (Lipinski definition) is 0. The molecule has 0 saturated carbocycles. The highest BCUT2D eigenvalue weighted by Crippen LogP contribution is 2.34. The maximum Gasteiger partial charge on any atom is 0.126 e. The van der Waals surface area contributed by atoms with Gasteiger partial charge in [-0.1, -0.05) is 18.2 Å². The molecule has 1 heterocycles. The highest BCUT2D eigenvalue weighted by molar-refractivity contribution is 9.11. The van der Waals surface area contributed by atoms with Crippen LogP contribution >= 0.6 is 27.3 Å². The number of hydrogen-bond acceptors (Lipinski definition) is 3. The predicted octanol–water partition coefficient (Wildman–Crippen LogP) is 5.89. The van der Waals surface area contributed by atoms with Gasteiger partial charge in [-0.2, -0.15) is 0 Å². The number of para-hydroxylation sites is 1. The van der Waals surface area contributed by atoms with Gasteiger partial charge in [0.1, 0.15) is 16.6 Å². The van der Waals surface area contributed by atoms with E-state index in [4.69, 9.17) is 4.74 Å². The summed E-state index contributed by atoms with van der Waals surface area (Å²) >= 11 is 5.06. The van der Waals surface area contributed by atoms with Gasteiger partial charge in [0.2, 0.25) is 0 Å². The molecular weight excluding hydrogens is 377 g/mol. The van der Waals surface area contributed by atoms with Gasteiger partial charge in [-0.25, -0.2) is 9.37 Å². The Morgan fingerprint density at radius 1 is 1.09 bits per heavy atom. The lowest BCUT2D eigenvalue weighted by molar-refractivity contribution is 0.414. The van der Waals surface area contributed by atoms with E-state index in [-0.39, 0.29) is 5.82 Å². The summed E-state index contributed by atoms with van der Waals surface area (Å²) in [6, 6.07) is 14.1. The molecule has 2 aromatic carbocycles. The SMILES string of the molecule is COc1ccccc1/C=C/c1nc(-c2ccc(F)cc2)c(Br)s1. The van der Waals surface area contributed by atoms with E-state index >= 15 is 0 Å². The Kier molecular flexibility index (Phi) is 4.88. The molecule has 2 nitrogen and oxygen atoms in total. The van der Waals surface area contributed by atoms with Crippen molar-refractivity contribution >= 4 is 39.4 Å². The molecule has 0 bridgehead atoms. The summed E-state index contributed by atoms with van der Waals surface area (Å²) in [7, 11) is 1.65. The van der Waals surface area contributed by atoms with E-state index in [1.165, 1.54) is 23.5 Å². The van der Waals surface area contributed by atoms with Crippen LogP contribution in [0.3, 0.4) is 0 Å². The van der Waals surface area contributed by atoms with E-state index in [0.717, 1.165) is 31.4 Å². The first-order valence-electron chi connectivity index (χ1n) is 6.91. The van der Waals surface area contributed by atoms with Crippen molar-refractivity contribution in [1.82, 2.24) is 4.98 Å². The van der Waals surface area contributed by atoms with Crippen LogP contribution in [0.15, 0.2) is 52.3 Å². The first-order chi connectivity index (χ1) is 11.2. The molecule has 3 aromatic rings. The number of halogens is 2. The van der Waals surface area contributed by atoms with Gasteiger partial charge < -0.3 is 4.74 Å². The van der Waals surface area contributed by atoms with Gasteiger partial charge in [-0.05, 0) is 58.4 Å². The zero-order valence-corrected chi connectivity index (χ0v) is 14.7. The normalized spacial score (nSPS) is 11.1. The second-order valence-corrected chi connectivity index (χ2v) is 7.11. The number of aromatic nitrogens is 1. The van der Waals surface area contributed by atoms with Crippen LogP contribution in [0.1, 0.15) is 10.6 Å². The Balaban J connectivity index is 1.89. The molecule has 116 valence electrons. The third-order valence-electron chi connectivity index (χ3n) is 3.26. The fourth-order valence-corrected chi connectivity index (χ4v) is 3.67. The highest BCUT2D eigenvalue weighted by Gasteiger charge is 2.10. The number of ether oxygens (including phenoxy) is 1. The van der Waals surface area contributed by atoms with E-state index in [1.54, 1.807) is 19.2 Å². The topological polar surface area (TPSA) is 22.1 Å². The van der Waals surface area contributed by atoms with Crippen LogP contribution in [-0.2, 0) is 0 Å². The van der Waals surface area contributed by atoms with E-state index < -0.39 is 0 Å². The first kappa shape index (κ1) is 15.9. The average Bonchev–Trinajstić information content (AvgIpc) is 2.95. The van der Waals surface area contributed by atoms with Crippen LogP contribution in [0.4, 0.5) is 4.39 Å². The van der Waals surface area contributed by atoms with Crippen molar-refractivity contribution in [1.29, 1.82) is 0 Å². The number of rotatable bonds is 4. The Bertz CT molecular complexity index is 842. The zero-order valence-electron chi connectivity index (χ0n) is 12.3. The molecule has 0 unspecified atom stereocenters. The van der Waals surface area contributed by atoms with E-state index in [0.29, 0.717) is 0 Å². The summed E-state index contributed by atoms with van der Waals surface area (Å²) in [5.74, 6) is 0.564. The van der Waals surface area contributed by atoms with Gasteiger partial charge in [-0.3, -0.25) is 0 Å². The molecule has 23 heavy (non-hydrogen) atoms. The lowest BCUT2D eigenvalue weighted by atomic mass is 10.2. The maximum atomic E-state index is 13.0. The molecule has 0 radical (unpaired) electrons. The molecule has 0 aliphatic carbocycles. The summed E-state index contributed by atoms with van der Waals surface area (Å²) in [5.41, 5.74) is 2.69. The van der Waals surface area contributed by atoms with E-state index in [9.17, 15) is 4.39 Å². The molecule has 0 aliphatic rings. The van der Waals surface area contributed by atoms with E-state index in [1.807, 2.05) is 36.4 Å². The second kappa shape index (κ2) is 7.06. The fraction of sp³-hybridized carbons (Fsp3) is 0.0556. The van der Waals surface area contributed by atoms with Gasteiger partial charge in [0.05, 0.1) is 16.6 Å². The van der Waals surface area contributed by atoms with Crippen LogP contribution in [0.2, 0.25) is 0 Å². The van der Waals surface area contributed by atoms with Gasteiger partial charge >= 0.3 is 0 Å². The average molecular weight is 390 g/mol. The van der Waals surface area contributed by atoms with Crippen molar-refractivity contribution in [3.8, 4) is 17.0 Å². The standard InChI is InChI=1S/C18H13BrFNOS/c1-22-15-5-3-2-4-12(15)8-11-16-21-17(18(19)23-16)13-6-9-14(20)10-7-13/h2-11H,1H3/b11-8+. The molecule has 0 N–H and O–H groups in total. The lowest BCUT2D eigenvalue weighted by Crippen LogP contribution is -1.85. The summed E-state index contributed by atoms with van der Waals surface area (Å²) in [6.45, 7) is 0. The Labute approximate surface area is 146 Å². The second-order valence-electron chi connectivity index (χ2n) is 4.76. The minimum absolute atomic E-state index is 0.253. The van der Waals surface area contributed by atoms with Gasteiger partial charge in [0, 0.05) is 11.1 Å². The minimum atomic E-state index is -0.253. The monoisotopic (exact) mass is 389 g/mol. The fourth-order valence-electron chi connectivity index (χ4n) is 2.14. The Hall–Kier alpha value is -1.98. The third kappa shape index (κ3) is 3.68. The van der Waals surface area contributed by atoms with Crippen molar-refractivity contribution < 1.29 is 9.13 Å². The van der Waals surface area contributed by atoms with Crippen molar-refractivity contribution in [2.75, 3.05) is 7.11 Å². The quantitative estimate of drug-likeness (QED) is 0.554. The summed E-state index contributed by atoms with van der Waals surface area (Å²) in [5, 5.41) is 0.863. The number of methoxy groups -OCH3 is 1. The van der Waals surface area contributed by atoms with Crippen LogP contribution in [-0.4, -0.2) is 12.1 Å². The largest absolute Gasteiger partial charge is 0.496 e. The number of nitrogens with zero attached hydrogens (tertiary/aromatic N) is 1. The van der Waals surface area contributed by atoms with Crippen LogP contribution in [0.5, 0.6) is 5.75 Å². The highest BCUT2D eigenvalue weighted by atomic mass is 79.9. The molecule has 0 fully saturated rings. The first-order valence-corrected chi connectivity index (χ1v) is 8.51. The lowest BCUT2D eigenvalue weighted by Gasteiger charge is -2.02. The summed E-state index contributed by atoms with van der Waals surface area (Å²) in [4.78, 5) is 4.60. The third-order valence-corrected chi connectivity index (χ3v) is 4.93. The molecule has 0 saturated heterocycles. The summed E-state index contributed by atoms with van der Waals surface area (Å²) in [6.07, 6.45) is 3.92. The molecule has 0 aliphatic heterocycles. The molecule has 1 aromatic heterocycles. The van der Waals surface area contributed by atoms with Crippen molar-refractivity contribution in [2.24, 2.45) is 0 Å². The van der Waals surface area contributed by atoms with Crippen LogP contribution in [0.25, 0.3) is 23.4 Å². The van der Waals surface area contributed by atoms with Crippen molar-refractivity contribution in [3.63, 3.8) is 0 Å². The number of benzene rings is 2. The van der Waals surface area contributed by atoms with Crippen molar-refractivity contribution in [3.05, 3.63) is 68.7 Å². The maximum absolute atomic E-state index is 13.0. The van der Waals surface area contributed by atoms with Gasteiger partial charge in [0.15, 0.2) is 0 Å². The zero-order chi connectivity index (χ0) is 16.2. The molecule has 0 spiro atoms. The molecule has 5 heteroatoms. The van der Waals surface area contributed by atoms with E-state index in [2.05, 4.69) is 20.9 Å². The van der Waals surface area contributed by atoms with Gasteiger partial charge in [0.25, 0.3) is 0 Å².